The molecule has 0 spiro atoms. The number of likely N-dealkylation sites (tertiary alicyclic amines) is 1. The van der Waals surface area contributed by atoms with E-state index >= 15 is 0 Å². The van der Waals surface area contributed by atoms with E-state index in [-0.39, 0.29) is 13.0 Å². The first kappa shape index (κ1) is 19.0. The number of hydrogen-bond acceptors (Lipinski definition) is 4. The number of aliphatic carboxylic acids is 1. The number of ether oxygens (including phenoxy) is 2. The van der Waals surface area contributed by atoms with Crippen molar-refractivity contribution in [2.45, 2.75) is 51.4 Å². The third-order valence-electron chi connectivity index (χ3n) is 4.71. The molecular formula is C21H25NO5. The summed E-state index contributed by atoms with van der Waals surface area (Å²) >= 11 is 0. The lowest BCUT2D eigenvalue weighted by Crippen LogP contribution is -2.52. The van der Waals surface area contributed by atoms with Gasteiger partial charge in [-0.3, -0.25) is 4.90 Å². The van der Waals surface area contributed by atoms with Gasteiger partial charge in [-0.05, 0) is 50.6 Å². The predicted octanol–water partition coefficient (Wildman–Crippen LogP) is 4.07. The Morgan fingerprint density at radius 3 is 2.44 bits per heavy atom. The smallest absolute Gasteiger partial charge is 0.411 e. The van der Waals surface area contributed by atoms with Gasteiger partial charge in [-0.25, -0.2) is 9.59 Å². The monoisotopic (exact) mass is 371 g/mol. The molecule has 6 heteroatoms. The second kappa shape index (κ2) is 6.76. The number of rotatable bonds is 3. The highest BCUT2D eigenvalue weighted by Crippen LogP contribution is 2.34. The van der Waals surface area contributed by atoms with E-state index in [1.54, 1.807) is 20.8 Å². The van der Waals surface area contributed by atoms with Crippen molar-refractivity contribution in [1.82, 2.24) is 4.90 Å². The van der Waals surface area contributed by atoms with Crippen LogP contribution < -0.4 is 4.74 Å². The number of amides is 1. The highest BCUT2D eigenvalue weighted by molar-refractivity contribution is 5.85. The summed E-state index contributed by atoms with van der Waals surface area (Å²) in [6, 6.07) is 13.7. The van der Waals surface area contributed by atoms with Crippen LogP contribution in [0.25, 0.3) is 10.8 Å². The minimum atomic E-state index is -1.37. The lowest BCUT2D eigenvalue weighted by Gasteiger charge is -2.32. The van der Waals surface area contributed by atoms with E-state index in [1.165, 1.54) is 11.8 Å². The van der Waals surface area contributed by atoms with E-state index in [2.05, 4.69) is 0 Å². The van der Waals surface area contributed by atoms with Crippen molar-refractivity contribution in [3.63, 3.8) is 0 Å². The Morgan fingerprint density at radius 1 is 1.15 bits per heavy atom. The molecule has 6 nitrogen and oxygen atoms in total. The first-order valence-corrected chi connectivity index (χ1v) is 8.98. The van der Waals surface area contributed by atoms with Gasteiger partial charge in [0.25, 0.3) is 0 Å². The van der Waals surface area contributed by atoms with Gasteiger partial charge >= 0.3 is 12.1 Å². The molecular weight excluding hydrogens is 346 g/mol. The molecule has 0 unspecified atom stereocenters. The molecule has 1 aliphatic rings. The van der Waals surface area contributed by atoms with Crippen molar-refractivity contribution in [3.05, 3.63) is 42.5 Å². The number of carboxylic acids is 1. The van der Waals surface area contributed by atoms with Gasteiger partial charge in [-0.15, -0.1) is 0 Å². The summed E-state index contributed by atoms with van der Waals surface area (Å²) in [5.74, 6) is -0.421. The summed E-state index contributed by atoms with van der Waals surface area (Å²) in [5, 5.41) is 11.8. The summed E-state index contributed by atoms with van der Waals surface area (Å²) in [4.78, 5) is 25.7. The van der Waals surface area contributed by atoms with Gasteiger partial charge in [-0.1, -0.05) is 30.3 Å². The Balaban J connectivity index is 1.80. The van der Waals surface area contributed by atoms with Crippen molar-refractivity contribution < 1.29 is 24.2 Å². The first-order valence-electron chi connectivity index (χ1n) is 8.98. The molecule has 2 aromatic carbocycles. The van der Waals surface area contributed by atoms with Crippen LogP contribution in [0.15, 0.2) is 42.5 Å². The van der Waals surface area contributed by atoms with Crippen LogP contribution in [-0.2, 0) is 9.53 Å². The Labute approximate surface area is 158 Å². The zero-order valence-electron chi connectivity index (χ0n) is 16.1. The average Bonchev–Trinajstić information content (AvgIpc) is 2.91. The molecule has 1 N–H and O–H groups in total. The van der Waals surface area contributed by atoms with Crippen molar-refractivity contribution in [2.75, 3.05) is 6.54 Å². The van der Waals surface area contributed by atoms with Crippen molar-refractivity contribution in [3.8, 4) is 5.75 Å². The average molecular weight is 371 g/mol. The van der Waals surface area contributed by atoms with Crippen molar-refractivity contribution >= 4 is 22.8 Å². The van der Waals surface area contributed by atoms with Crippen LogP contribution in [0, 0.1) is 0 Å². The fourth-order valence-electron chi connectivity index (χ4n) is 3.33. The maximum atomic E-state index is 12.5. The van der Waals surface area contributed by atoms with Crippen molar-refractivity contribution in [2.24, 2.45) is 0 Å². The molecule has 3 rings (SSSR count). The number of carbonyl (C=O) groups is 2. The van der Waals surface area contributed by atoms with E-state index in [9.17, 15) is 14.7 Å². The zero-order chi connectivity index (χ0) is 19.8. The van der Waals surface area contributed by atoms with Gasteiger partial charge in [-0.2, -0.15) is 0 Å². The summed E-state index contributed by atoms with van der Waals surface area (Å²) < 4.78 is 11.4. The van der Waals surface area contributed by atoms with Gasteiger partial charge in [0.15, 0.2) is 0 Å². The normalized spacial score (nSPS) is 22.7. The highest BCUT2D eigenvalue weighted by atomic mass is 16.6. The molecule has 0 saturated carbocycles. The third kappa shape index (κ3) is 3.99. The quantitative estimate of drug-likeness (QED) is 0.880. The summed E-state index contributed by atoms with van der Waals surface area (Å²) in [6.07, 6.45) is -0.884. The maximum Gasteiger partial charge on any atom is 0.411 e. The van der Waals surface area contributed by atoms with Crippen LogP contribution in [0.1, 0.15) is 34.1 Å². The Morgan fingerprint density at radius 2 is 1.81 bits per heavy atom. The minimum Gasteiger partial charge on any atom is -0.488 e. The summed E-state index contributed by atoms with van der Waals surface area (Å²) in [5.41, 5.74) is -2.07. The largest absolute Gasteiger partial charge is 0.488 e. The van der Waals surface area contributed by atoms with Crippen LogP contribution in [0.5, 0.6) is 5.75 Å². The first-order chi connectivity index (χ1) is 12.6. The van der Waals surface area contributed by atoms with E-state index in [1.807, 2.05) is 42.5 Å². The number of hydrogen-bond donors (Lipinski definition) is 1. The van der Waals surface area contributed by atoms with Crippen LogP contribution in [0.4, 0.5) is 4.79 Å². The van der Waals surface area contributed by atoms with E-state index < -0.39 is 29.3 Å². The van der Waals surface area contributed by atoms with Gasteiger partial charge in [0.05, 0.1) is 6.54 Å². The standard InChI is InChI=1S/C21H25NO5/c1-20(2,3)27-19(25)22-13-17(12-21(22,4)18(23)24)26-16-10-9-14-7-5-6-8-15(14)11-16/h5-11,17H,12-13H2,1-4H3,(H,23,24)/t17-,21-/m0/s1. The number of carboxylic acid groups (broad SMARTS) is 1. The fraction of sp³-hybridized carbons (Fsp3) is 0.429. The lowest BCUT2D eigenvalue weighted by atomic mass is 9.98. The van der Waals surface area contributed by atoms with E-state index in [0.29, 0.717) is 5.75 Å². The Bertz CT molecular complexity index is 872. The second-order valence-electron chi connectivity index (χ2n) is 8.12. The Hall–Kier alpha value is -2.76. The SMILES string of the molecule is CC(C)(C)OC(=O)N1C[C@@H](Oc2ccc3ccccc3c2)C[C@@]1(C)C(=O)O. The van der Waals surface area contributed by atoms with Gasteiger partial charge in [0, 0.05) is 6.42 Å². The molecule has 0 bridgehead atoms. The van der Waals surface area contributed by atoms with Crippen LogP contribution in [0.2, 0.25) is 0 Å². The lowest BCUT2D eigenvalue weighted by molar-refractivity contribution is -0.148. The molecule has 0 aromatic heterocycles. The third-order valence-corrected chi connectivity index (χ3v) is 4.71. The number of carbonyl (C=O) groups excluding carboxylic acids is 1. The van der Waals surface area contributed by atoms with Gasteiger partial charge in [0.1, 0.15) is 23.0 Å². The second-order valence-corrected chi connectivity index (χ2v) is 8.12. The van der Waals surface area contributed by atoms with Crippen LogP contribution in [-0.4, -0.2) is 45.9 Å². The van der Waals surface area contributed by atoms with E-state index in [0.717, 1.165) is 10.8 Å². The molecule has 1 aliphatic heterocycles. The Kier molecular flexibility index (Phi) is 4.76. The molecule has 0 aliphatic carbocycles. The number of nitrogens with zero attached hydrogens (tertiary/aromatic N) is 1. The van der Waals surface area contributed by atoms with Crippen LogP contribution >= 0.6 is 0 Å². The van der Waals surface area contributed by atoms with Crippen LogP contribution in [0.3, 0.4) is 0 Å². The predicted molar refractivity (Wildman–Crippen MR) is 102 cm³/mol. The zero-order valence-corrected chi connectivity index (χ0v) is 16.1. The number of fused-ring (bicyclic) bond motifs is 1. The molecule has 144 valence electrons. The molecule has 2 atom stereocenters. The summed E-state index contributed by atoms with van der Waals surface area (Å²) in [7, 11) is 0. The van der Waals surface area contributed by atoms with Crippen molar-refractivity contribution in [1.29, 1.82) is 0 Å². The summed E-state index contributed by atoms with van der Waals surface area (Å²) in [6.45, 7) is 6.94. The minimum absolute atomic E-state index is 0.157. The molecule has 27 heavy (non-hydrogen) atoms. The number of benzene rings is 2. The molecule has 1 fully saturated rings. The van der Waals surface area contributed by atoms with E-state index in [4.69, 9.17) is 9.47 Å². The molecule has 1 saturated heterocycles. The molecule has 1 amide bonds. The molecule has 1 heterocycles. The maximum absolute atomic E-state index is 12.5. The fourth-order valence-corrected chi connectivity index (χ4v) is 3.33. The molecule has 2 aromatic rings. The highest BCUT2D eigenvalue weighted by Gasteiger charge is 2.52. The van der Waals surface area contributed by atoms with Gasteiger partial charge < -0.3 is 14.6 Å². The topological polar surface area (TPSA) is 76.1 Å². The van der Waals surface area contributed by atoms with Gasteiger partial charge in [0.2, 0.25) is 0 Å². The molecule has 0 radical (unpaired) electrons.